The largest absolute Gasteiger partial charge is 0.388 e. The summed E-state index contributed by atoms with van der Waals surface area (Å²) in [6.07, 6.45) is 0.849. The van der Waals surface area contributed by atoms with E-state index in [0.29, 0.717) is 12.1 Å². The van der Waals surface area contributed by atoms with Gasteiger partial charge in [0.25, 0.3) is 5.91 Å². The first-order valence-corrected chi connectivity index (χ1v) is 6.80. The van der Waals surface area contributed by atoms with E-state index in [-0.39, 0.29) is 5.91 Å². The molecular formula is C17H20N2O. The molecule has 2 N–H and O–H groups in total. The van der Waals surface area contributed by atoms with Crippen LogP contribution < -0.4 is 10.6 Å². The van der Waals surface area contributed by atoms with Crippen LogP contribution in [0.4, 0.5) is 5.69 Å². The molecule has 2 rings (SSSR count). The fourth-order valence-electron chi connectivity index (χ4n) is 2.08. The van der Waals surface area contributed by atoms with Gasteiger partial charge in [0.2, 0.25) is 0 Å². The van der Waals surface area contributed by atoms with Crippen molar-refractivity contribution in [1.29, 1.82) is 0 Å². The number of benzene rings is 2. The zero-order chi connectivity index (χ0) is 14.4. The smallest absolute Gasteiger partial charge is 0.251 e. The Kier molecular flexibility index (Phi) is 4.77. The molecule has 0 aromatic heterocycles. The van der Waals surface area contributed by atoms with Gasteiger partial charge < -0.3 is 10.6 Å². The van der Waals surface area contributed by atoms with Crippen molar-refractivity contribution in [2.45, 2.75) is 13.3 Å². The van der Waals surface area contributed by atoms with Crippen LogP contribution >= 0.6 is 0 Å². The molecule has 0 unspecified atom stereocenters. The van der Waals surface area contributed by atoms with E-state index in [0.717, 1.165) is 12.1 Å². The third-order valence-electron chi connectivity index (χ3n) is 3.22. The predicted molar refractivity (Wildman–Crippen MR) is 83.2 cm³/mol. The highest BCUT2D eigenvalue weighted by Crippen LogP contribution is 2.08. The van der Waals surface area contributed by atoms with Gasteiger partial charge in [0.15, 0.2) is 0 Å². The van der Waals surface area contributed by atoms with Gasteiger partial charge >= 0.3 is 0 Å². The number of aryl methyl sites for hydroxylation is 1. The van der Waals surface area contributed by atoms with Crippen LogP contribution in [0.25, 0.3) is 0 Å². The third-order valence-corrected chi connectivity index (χ3v) is 3.22. The van der Waals surface area contributed by atoms with Crippen LogP contribution in [0.15, 0.2) is 48.5 Å². The Morgan fingerprint density at radius 2 is 1.85 bits per heavy atom. The Balaban J connectivity index is 1.85. The number of carbonyl (C=O) groups is 1. The molecule has 0 aliphatic heterocycles. The van der Waals surface area contributed by atoms with Crippen LogP contribution in [0.1, 0.15) is 21.5 Å². The van der Waals surface area contributed by atoms with E-state index in [1.165, 1.54) is 11.1 Å². The van der Waals surface area contributed by atoms with E-state index in [4.69, 9.17) is 0 Å². The number of carbonyl (C=O) groups excluding carboxylic acids is 1. The third kappa shape index (κ3) is 3.85. The van der Waals surface area contributed by atoms with Crippen LogP contribution in [-0.2, 0) is 6.42 Å². The van der Waals surface area contributed by atoms with Crippen molar-refractivity contribution >= 4 is 11.6 Å². The standard InChI is InChI=1S/C17H20N2O/c1-13-4-3-5-14(12-13)10-11-19-17(20)15-6-8-16(18-2)9-7-15/h3-9,12,18H,10-11H2,1-2H3,(H,19,20). The zero-order valence-corrected chi connectivity index (χ0v) is 11.9. The second kappa shape index (κ2) is 6.75. The minimum atomic E-state index is -0.0275. The summed E-state index contributed by atoms with van der Waals surface area (Å²) < 4.78 is 0. The van der Waals surface area contributed by atoms with Crippen molar-refractivity contribution in [2.24, 2.45) is 0 Å². The molecule has 0 fully saturated rings. The van der Waals surface area contributed by atoms with Crippen molar-refractivity contribution in [1.82, 2.24) is 5.32 Å². The van der Waals surface area contributed by atoms with E-state index < -0.39 is 0 Å². The van der Waals surface area contributed by atoms with Crippen LogP contribution in [0.2, 0.25) is 0 Å². The van der Waals surface area contributed by atoms with Crippen molar-refractivity contribution in [3.8, 4) is 0 Å². The lowest BCUT2D eigenvalue weighted by Gasteiger charge is -2.07. The highest BCUT2D eigenvalue weighted by molar-refractivity contribution is 5.94. The summed E-state index contributed by atoms with van der Waals surface area (Å²) >= 11 is 0. The zero-order valence-electron chi connectivity index (χ0n) is 11.9. The molecule has 0 aliphatic carbocycles. The summed E-state index contributed by atoms with van der Waals surface area (Å²) in [6, 6.07) is 15.8. The first-order valence-electron chi connectivity index (χ1n) is 6.80. The summed E-state index contributed by atoms with van der Waals surface area (Å²) in [5.41, 5.74) is 4.18. The van der Waals surface area contributed by atoms with E-state index >= 15 is 0 Å². The number of hydrogen-bond acceptors (Lipinski definition) is 2. The molecule has 0 radical (unpaired) electrons. The Labute approximate surface area is 120 Å². The van der Waals surface area contributed by atoms with Crippen molar-refractivity contribution in [3.63, 3.8) is 0 Å². The fourth-order valence-corrected chi connectivity index (χ4v) is 2.08. The lowest BCUT2D eigenvalue weighted by molar-refractivity contribution is 0.0954. The second-order valence-electron chi connectivity index (χ2n) is 4.82. The molecule has 3 heteroatoms. The maximum Gasteiger partial charge on any atom is 0.251 e. The lowest BCUT2D eigenvalue weighted by atomic mass is 10.1. The quantitative estimate of drug-likeness (QED) is 0.875. The Morgan fingerprint density at radius 1 is 1.10 bits per heavy atom. The summed E-state index contributed by atoms with van der Waals surface area (Å²) in [4.78, 5) is 12.0. The molecule has 0 heterocycles. The van der Waals surface area contributed by atoms with Gasteiger partial charge in [0.1, 0.15) is 0 Å². The molecule has 3 nitrogen and oxygen atoms in total. The molecule has 2 aromatic rings. The van der Waals surface area contributed by atoms with E-state index in [1.54, 1.807) is 0 Å². The van der Waals surface area contributed by atoms with Gasteiger partial charge in [-0.05, 0) is 43.2 Å². The van der Waals surface area contributed by atoms with Crippen molar-refractivity contribution in [3.05, 3.63) is 65.2 Å². The van der Waals surface area contributed by atoms with Crippen molar-refractivity contribution < 1.29 is 4.79 Å². The normalized spacial score (nSPS) is 10.1. The minimum absolute atomic E-state index is 0.0275. The van der Waals surface area contributed by atoms with Gasteiger partial charge in [-0.1, -0.05) is 29.8 Å². The maximum atomic E-state index is 12.0. The molecule has 20 heavy (non-hydrogen) atoms. The van der Waals surface area contributed by atoms with Gasteiger partial charge in [-0.2, -0.15) is 0 Å². The van der Waals surface area contributed by atoms with Crippen molar-refractivity contribution in [2.75, 3.05) is 18.9 Å². The van der Waals surface area contributed by atoms with Gasteiger partial charge in [0.05, 0.1) is 0 Å². The number of anilines is 1. The second-order valence-corrected chi connectivity index (χ2v) is 4.82. The van der Waals surface area contributed by atoms with E-state index in [9.17, 15) is 4.79 Å². The Hall–Kier alpha value is -2.29. The van der Waals surface area contributed by atoms with Gasteiger partial charge in [-0.15, -0.1) is 0 Å². The molecule has 0 atom stereocenters. The number of nitrogens with one attached hydrogen (secondary N) is 2. The van der Waals surface area contributed by atoms with E-state index in [2.05, 4.69) is 35.8 Å². The van der Waals surface area contributed by atoms with Gasteiger partial charge in [-0.25, -0.2) is 0 Å². The first-order chi connectivity index (χ1) is 9.69. The maximum absolute atomic E-state index is 12.0. The molecule has 104 valence electrons. The van der Waals surface area contributed by atoms with Crippen LogP contribution in [0.3, 0.4) is 0 Å². The number of rotatable bonds is 5. The van der Waals surface area contributed by atoms with Gasteiger partial charge in [0, 0.05) is 24.8 Å². The molecule has 2 aromatic carbocycles. The molecule has 0 bridgehead atoms. The lowest BCUT2D eigenvalue weighted by Crippen LogP contribution is -2.25. The monoisotopic (exact) mass is 268 g/mol. The molecule has 0 saturated heterocycles. The van der Waals surface area contributed by atoms with Crippen LogP contribution in [0.5, 0.6) is 0 Å². The first kappa shape index (κ1) is 14.1. The average Bonchev–Trinajstić information content (AvgIpc) is 2.47. The highest BCUT2D eigenvalue weighted by atomic mass is 16.1. The number of amides is 1. The number of hydrogen-bond donors (Lipinski definition) is 2. The topological polar surface area (TPSA) is 41.1 Å². The molecule has 1 amide bonds. The van der Waals surface area contributed by atoms with E-state index in [1.807, 2.05) is 37.4 Å². The summed E-state index contributed by atoms with van der Waals surface area (Å²) in [6.45, 7) is 2.72. The predicted octanol–water partition coefficient (Wildman–Crippen LogP) is 3.01. The summed E-state index contributed by atoms with van der Waals surface area (Å²) in [7, 11) is 1.86. The van der Waals surface area contributed by atoms with Crippen LogP contribution in [0, 0.1) is 6.92 Å². The van der Waals surface area contributed by atoms with Gasteiger partial charge in [-0.3, -0.25) is 4.79 Å². The molecule has 0 aliphatic rings. The van der Waals surface area contributed by atoms with Crippen LogP contribution in [-0.4, -0.2) is 19.5 Å². The minimum Gasteiger partial charge on any atom is -0.388 e. The molecule has 0 spiro atoms. The molecule has 0 saturated carbocycles. The SMILES string of the molecule is CNc1ccc(C(=O)NCCc2cccc(C)c2)cc1. The summed E-state index contributed by atoms with van der Waals surface area (Å²) in [5, 5.41) is 5.98. The summed E-state index contributed by atoms with van der Waals surface area (Å²) in [5.74, 6) is -0.0275. The molecular weight excluding hydrogens is 248 g/mol. The fraction of sp³-hybridized carbons (Fsp3) is 0.235. The Bertz CT molecular complexity index is 576. The Morgan fingerprint density at radius 3 is 2.50 bits per heavy atom. The average molecular weight is 268 g/mol. The highest BCUT2D eigenvalue weighted by Gasteiger charge is 2.04.